The molecule has 1 saturated carbocycles. The molecule has 3 fully saturated rings. The van der Waals surface area contributed by atoms with Gasteiger partial charge in [-0.3, -0.25) is 4.79 Å². The van der Waals surface area contributed by atoms with Crippen molar-refractivity contribution in [2.45, 2.75) is 51.6 Å². The molecule has 0 radical (unpaired) electrons. The number of benzene rings is 1. The minimum atomic E-state index is -0.673. The third-order valence-electron chi connectivity index (χ3n) is 8.75. The normalized spacial score (nSPS) is 26.7. The van der Waals surface area contributed by atoms with Crippen molar-refractivity contribution in [1.82, 2.24) is 20.1 Å². The van der Waals surface area contributed by atoms with E-state index in [2.05, 4.69) is 25.3 Å². The smallest absolute Gasteiger partial charge is 0.309 e. The van der Waals surface area contributed by atoms with Gasteiger partial charge in [-0.05, 0) is 76.1 Å². The van der Waals surface area contributed by atoms with Crippen LogP contribution in [0.2, 0.25) is 10.2 Å². The number of piperidine rings is 1. The molecule has 1 aromatic carbocycles. The van der Waals surface area contributed by atoms with Crippen LogP contribution in [0.1, 0.15) is 51.3 Å². The molecule has 39 heavy (non-hydrogen) atoms. The van der Waals surface area contributed by atoms with E-state index in [-0.39, 0.29) is 17.0 Å². The highest BCUT2D eigenvalue weighted by Crippen LogP contribution is 2.46. The third kappa shape index (κ3) is 5.05. The number of carboxylic acid groups (broad SMARTS) is 1. The highest BCUT2D eigenvalue weighted by molar-refractivity contribution is 7.22. The predicted octanol–water partition coefficient (Wildman–Crippen LogP) is 6.11. The van der Waals surface area contributed by atoms with Gasteiger partial charge in [0.15, 0.2) is 10.3 Å². The highest BCUT2D eigenvalue weighted by atomic mass is 35.5. The summed E-state index contributed by atoms with van der Waals surface area (Å²) in [5.74, 6) is 0.168. The van der Waals surface area contributed by atoms with Crippen LogP contribution < -0.4 is 10.2 Å². The van der Waals surface area contributed by atoms with E-state index in [9.17, 15) is 14.3 Å². The Bertz CT molecular complexity index is 1410. The van der Waals surface area contributed by atoms with Crippen molar-refractivity contribution in [2.24, 2.45) is 17.3 Å². The second-order valence-electron chi connectivity index (χ2n) is 11.5. The summed E-state index contributed by atoms with van der Waals surface area (Å²) < 4.78 is 15.7. The number of nitrogens with zero attached hydrogens (tertiary/aromatic N) is 5. The van der Waals surface area contributed by atoms with E-state index < -0.39 is 11.4 Å². The molecule has 0 spiro atoms. The highest BCUT2D eigenvalue weighted by Gasteiger charge is 2.49. The Morgan fingerprint density at radius 2 is 2.00 bits per heavy atom. The van der Waals surface area contributed by atoms with Crippen LogP contribution in [0.3, 0.4) is 0 Å². The summed E-state index contributed by atoms with van der Waals surface area (Å²) in [6, 6.07) is 4.68. The number of likely N-dealkylation sites (tertiary alicyclic amines) is 1. The maximum absolute atomic E-state index is 15.0. The summed E-state index contributed by atoms with van der Waals surface area (Å²) in [6.45, 7) is 7.71. The van der Waals surface area contributed by atoms with E-state index in [1.54, 1.807) is 6.07 Å². The summed E-state index contributed by atoms with van der Waals surface area (Å²) in [5, 5.41) is 22.1. The molecule has 0 bridgehead atoms. The molecule has 2 atom stereocenters. The van der Waals surface area contributed by atoms with Crippen molar-refractivity contribution in [1.29, 1.82) is 0 Å². The van der Waals surface area contributed by atoms with Crippen LogP contribution in [0, 0.1) is 23.1 Å². The Hall–Kier alpha value is -2.27. The van der Waals surface area contributed by atoms with E-state index >= 15 is 0 Å². The van der Waals surface area contributed by atoms with Crippen LogP contribution in [0.25, 0.3) is 10.2 Å². The minimum Gasteiger partial charge on any atom is -0.481 e. The Labute approximate surface area is 240 Å². The number of anilines is 2. The monoisotopic (exact) mass is 592 g/mol. The first kappa shape index (κ1) is 26.9. The van der Waals surface area contributed by atoms with Gasteiger partial charge < -0.3 is 20.2 Å². The number of fused-ring (bicyclic) bond motifs is 1. The van der Waals surface area contributed by atoms with E-state index in [4.69, 9.17) is 28.2 Å². The van der Waals surface area contributed by atoms with E-state index in [1.165, 1.54) is 29.9 Å². The van der Waals surface area contributed by atoms with Crippen molar-refractivity contribution in [2.75, 3.05) is 36.4 Å². The molecule has 3 aromatic rings. The molecule has 2 aliphatic heterocycles. The van der Waals surface area contributed by atoms with Crippen LogP contribution in [0.5, 0.6) is 0 Å². The number of hydrogen-bond acceptors (Lipinski definition) is 8. The van der Waals surface area contributed by atoms with Gasteiger partial charge in [-0.1, -0.05) is 34.5 Å². The number of thiazole rings is 1. The Morgan fingerprint density at radius 1 is 1.23 bits per heavy atom. The van der Waals surface area contributed by atoms with Gasteiger partial charge in [0.25, 0.3) is 0 Å². The van der Waals surface area contributed by atoms with Crippen LogP contribution in [-0.4, -0.2) is 63.4 Å². The van der Waals surface area contributed by atoms with E-state index in [0.717, 1.165) is 60.8 Å². The quantitative estimate of drug-likeness (QED) is 0.339. The Kier molecular flexibility index (Phi) is 7.10. The number of halogens is 3. The van der Waals surface area contributed by atoms with Crippen LogP contribution in [-0.2, 0) is 4.79 Å². The molecule has 0 amide bonds. The van der Waals surface area contributed by atoms with Gasteiger partial charge in [0, 0.05) is 25.7 Å². The second kappa shape index (κ2) is 10.3. The zero-order valence-corrected chi connectivity index (χ0v) is 24.2. The summed E-state index contributed by atoms with van der Waals surface area (Å²) in [4.78, 5) is 21.1. The predicted molar refractivity (Wildman–Crippen MR) is 152 cm³/mol. The van der Waals surface area contributed by atoms with Crippen LogP contribution in [0.15, 0.2) is 18.2 Å². The van der Waals surface area contributed by atoms with E-state index in [0.29, 0.717) is 34.3 Å². The molecule has 3 aliphatic rings. The van der Waals surface area contributed by atoms with Gasteiger partial charge in [0.05, 0.1) is 32.4 Å². The fourth-order valence-electron chi connectivity index (χ4n) is 6.30. The van der Waals surface area contributed by atoms with Gasteiger partial charge >= 0.3 is 5.97 Å². The molecule has 2 N–H and O–H groups in total. The van der Waals surface area contributed by atoms with Crippen molar-refractivity contribution in [3.63, 3.8) is 0 Å². The van der Waals surface area contributed by atoms with Crippen molar-refractivity contribution in [3.8, 4) is 0 Å². The molecule has 12 heteroatoms. The number of carboxylic acids is 1. The standard InChI is InChI=1S/C27H31Cl2FN6O2S/c1-14(22-18(28)8-21(29)33-34-22)31-23-19(30)5-6-20-24(23)39-26(32-20)36-12-16(13-36)15-4-3-7-35(11-15)17-9-27(2,10-17)25(37)38/h5-6,8,14-17,31H,3-4,7,9-13H2,1-2H3,(H,37,38)/t14-,15+,17?,27?/m1/s1. The number of aliphatic carboxylic acids is 1. The first-order chi connectivity index (χ1) is 18.6. The fraction of sp³-hybridized carbons (Fsp3) is 0.556. The number of nitrogens with one attached hydrogen (secondary N) is 1. The fourth-order valence-corrected chi connectivity index (χ4v) is 7.89. The SMILES string of the molecule is C[C@@H](Nc1c(F)ccc2nc(N3CC([C@H]4CCCN(C5CC(C)(C(=O)O)C5)C4)C3)sc12)c1nnc(Cl)cc1Cl. The number of rotatable bonds is 7. The molecule has 208 valence electrons. The van der Waals surface area contributed by atoms with Crippen molar-refractivity contribution in [3.05, 3.63) is 39.9 Å². The lowest BCUT2D eigenvalue weighted by molar-refractivity contribution is -0.158. The second-order valence-corrected chi connectivity index (χ2v) is 13.3. The molecule has 8 nitrogen and oxygen atoms in total. The van der Waals surface area contributed by atoms with Gasteiger partial charge in [-0.2, -0.15) is 5.10 Å². The molecule has 1 aliphatic carbocycles. The first-order valence-corrected chi connectivity index (χ1v) is 14.9. The average Bonchev–Trinajstić information content (AvgIpc) is 3.27. The summed E-state index contributed by atoms with van der Waals surface area (Å²) in [6.07, 6.45) is 3.88. The molecular weight excluding hydrogens is 562 g/mol. The zero-order chi connectivity index (χ0) is 27.5. The topological polar surface area (TPSA) is 94.5 Å². The lowest BCUT2D eigenvalue weighted by Gasteiger charge is -2.52. The summed E-state index contributed by atoms with van der Waals surface area (Å²) in [7, 11) is 0. The van der Waals surface area contributed by atoms with Gasteiger partial charge in [0.1, 0.15) is 11.5 Å². The first-order valence-electron chi connectivity index (χ1n) is 13.4. The molecule has 4 heterocycles. The zero-order valence-electron chi connectivity index (χ0n) is 21.8. The largest absolute Gasteiger partial charge is 0.481 e. The third-order valence-corrected chi connectivity index (χ3v) is 10.4. The maximum atomic E-state index is 15.0. The van der Waals surface area contributed by atoms with Crippen LogP contribution in [0.4, 0.5) is 15.2 Å². The van der Waals surface area contributed by atoms with Gasteiger partial charge in [-0.15, -0.1) is 5.10 Å². The molecule has 0 unspecified atom stereocenters. The summed E-state index contributed by atoms with van der Waals surface area (Å²) >= 11 is 13.7. The lowest BCUT2D eigenvalue weighted by atomic mass is 9.65. The Morgan fingerprint density at radius 3 is 2.72 bits per heavy atom. The lowest BCUT2D eigenvalue weighted by Crippen LogP contribution is -2.58. The molecule has 2 aromatic heterocycles. The molecular formula is C27H31Cl2FN6O2S. The van der Waals surface area contributed by atoms with Crippen molar-refractivity contribution < 1.29 is 14.3 Å². The summed E-state index contributed by atoms with van der Waals surface area (Å²) in [5.41, 5.74) is 1.06. The molecule has 2 saturated heterocycles. The van der Waals surface area contributed by atoms with Crippen molar-refractivity contribution >= 4 is 61.5 Å². The molecule has 6 rings (SSSR count). The van der Waals surface area contributed by atoms with E-state index in [1.807, 2.05) is 13.8 Å². The number of carbonyl (C=O) groups is 1. The van der Waals surface area contributed by atoms with Gasteiger partial charge in [0.2, 0.25) is 0 Å². The average molecular weight is 594 g/mol. The minimum absolute atomic E-state index is 0.203. The van der Waals surface area contributed by atoms with Crippen LogP contribution >= 0.6 is 34.5 Å². The number of hydrogen-bond donors (Lipinski definition) is 2. The maximum Gasteiger partial charge on any atom is 0.309 e. The van der Waals surface area contributed by atoms with Gasteiger partial charge in [-0.25, -0.2) is 9.37 Å². The Balaban J connectivity index is 1.11. The number of aromatic nitrogens is 3.